The third-order valence-corrected chi connectivity index (χ3v) is 2.59. The second kappa shape index (κ2) is 3.66. The average molecular weight is 229 g/mol. The van der Waals surface area contributed by atoms with E-state index in [0.29, 0.717) is 5.82 Å². The van der Waals surface area contributed by atoms with E-state index >= 15 is 0 Å². The van der Waals surface area contributed by atoms with Crippen molar-refractivity contribution in [1.82, 2.24) is 9.97 Å². The molecule has 0 aromatic carbocycles. The summed E-state index contributed by atoms with van der Waals surface area (Å²) in [4.78, 5) is 28.5. The fourth-order valence-electron chi connectivity index (χ4n) is 1.34. The molecule has 2 N–H and O–H groups in total. The minimum Gasteiger partial charge on any atom is -0.481 e. The Labute approximate surface area is 90.1 Å². The molecule has 1 aromatic rings. The zero-order valence-electron chi connectivity index (χ0n) is 7.79. The van der Waals surface area contributed by atoms with Gasteiger partial charge in [0.1, 0.15) is 11.0 Å². The number of nitrogens with one attached hydrogen (secondary N) is 1. The molecule has 1 aromatic heterocycles. The van der Waals surface area contributed by atoms with Crippen LogP contribution in [0.5, 0.6) is 0 Å². The summed E-state index contributed by atoms with van der Waals surface area (Å²) in [6.45, 7) is 0. The summed E-state index contributed by atoms with van der Waals surface area (Å²) in [7, 11) is 0. The number of carboxylic acids is 1. The Morgan fingerprint density at radius 2 is 2.27 bits per heavy atom. The molecule has 1 fully saturated rings. The molecule has 0 amide bonds. The molecule has 15 heavy (non-hydrogen) atoms. The van der Waals surface area contributed by atoms with E-state index in [2.05, 4.69) is 9.97 Å². The standard InChI is InChI=1S/C9H9ClN2O3/c10-7-5(3-6(13)14)9(15)12-8(11-7)4-1-2-4/h4H,1-3H2,(H,13,14)(H,11,12,15). The van der Waals surface area contributed by atoms with Gasteiger partial charge in [-0.3, -0.25) is 9.59 Å². The van der Waals surface area contributed by atoms with Gasteiger partial charge in [-0.05, 0) is 12.8 Å². The highest BCUT2D eigenvalue weighted by atomic mass is 35.5. The topological polar surface area (TPSA) is 83.0 Å². The first-order chi connectivity index (χ1) is 7.08. The number of carboxylic acid groups (broad SMARTS) is 1. The van der Waals surface area contributed by atoms with Crippen LogP contribution in [0.4, 0.5) is 0 Å². The molecule has 0 atom stereocenters. The quantitative estimate of drug-likeness (QED) is 0.754. The van der Waals surface area contributed by atoms with Crippen molar-refractivity contribution in [3.8, 4) is 0 Å². The van der Waals surface area contributed by atoms with E-state index in [9.17, 15) is 9.59 Å². The third-order valence-electron chi connectivity index (χ3n) is 2.28. The van der Waals surface area contributed by atoms with Crippen molar-refractivity contribution < 1.29 is 9.90 Å². The molecule has 0 unspecified atom stereocenters. The van der Waals surface area contributed by atoms with Crippen LogP contribution in [0.15, 0.2) is 4.79 Å². The molecule has 1 aliphatic rings. The SMILES string of the molecule is O=C(O)Cc1c(Cl)nc(C2CC2)[nH]c1=O. The van der Waals surface area contributed by atoms with Crippen LogP contribution in [0, 0.1) is 0 Å². The molecule has 1 saturated carbocycles. The summed E-state index contributed by atoms with van der Waals surface area (Å²) >= 11 is 5.76. The molecular weight excluding hydrogens is 220 g/mol. The van der Waals surface area contributed by atoms with Gasteiger partial charge in [0.05, 0.1) is 12.0 Å². The molecule has 6 heteroatoms. The highest BCUT2D eigenvalue weighted by Crippen LogP contribution is 2.37. The Morgan fingerprint density at radius 1 is 1.60 bits per heavy atom. The van der Waals surface area contributed by atoms with E-state index < -0.39 is 17.9 Å². The molecule has 5 nitrogen and oxygen atoms in total. The smallest absolute Gasteiger partial charge is 0.308 e. The lowest BCUT2D eigenvalue weighted by Gasteiger charge is -2.02. The number of halogens is 1. The monoisotopic (exact) mass is 228 g/mol. The van der Waals surface area contributed by atoms with Crippen molar-refractivity contribution in [2.24, 2.45) is 0 Å². The number of hydrogen-bond acceptors (Lipinski definition) is 3. The van der Waals surface area contributed by atoms with Crippen molar-refractivity contribution in [3.63, 3.8) is 0 Å². The van der Waals surface area contributed by atoms with Gasteiger partial charge in [0, 0.05) is 5.92 Å². The molecule has 0 spiro atoms. The number of carbonyl (C=O) groups is 1. The minimum atomic E-state index is -1.09. The van der Waals surface area contributed by atoms with Crippen molar-refractivity contribution in [3.05, 3.63) is 26.9 Å². The summed E-state index contributed by atoms with van der Waals surface area (Å²) in [6, 6.07) is 0. The van der Waals surface area contributed by atoms with E-state index in [1.807, 2.05) is 0 Å². The molecule has 0 radical (unpaired) electrons. The summed E-state index contributed by atoms with van der Waals surface area (Å²) in [5.74, 6) is -0.239. The number of rotatable bonds is 3. The molecule has 1 heterocycles. The van der Waals surface area contributed by atoms with Crippen LogP contribution in [0.1, 0.15) is 30.1 Å². The predicted molar refractivity (Wildman–Crippen MR) is 53.2 cm³/mol. The largest absolute Gasteiger partial charge is 0.481 e. The maximum Gasteiger partial charge on any atom is 0.308 e. The van der Waals surface area contributed by atoms with Gasteiger partial charge in [0.25, 0.3) is 5.56 Å². The Hall–Kier alpha value is -1.36. The second-order valence-electron chi connectivity index (χ2n) is 3.57. The summed E-state index contributed by atoms with van der Waals surface area (Å²) in [5.41, 5.74) is -0.423. The van der Waals surface area contributed by atoms with Crippen molar-refractivity contribution in [2.45, 2.75) is 25.2 Å². The zero-order valence-corrected chi connectivity index (χ0v) is 8.54. The molecule has 0 bridgehead atoms. The Bertz CT molecular complexity index is 465. The van der Waals surface area contributed by atoms with Gasteiger partial charge in [-0.25, -0.2) is 4.98 Å². The molecular formula is C9H9ClN2O3. The van der Waals surface area contributed by atoms with Crippen LogP contribution in [-0.2, 0) is 11.2 Å². The minimum absolute atomic E-state index is 0.00282. The summed E-state index contributed by atoms with van der Waals surface area (Å²) in [6.07, 6.45) is 1.60. The van der Waals surface area contributed by atoms with Gasteiger partial charge in [0.2, 0.25) is 0 Å². The Morgan fingerprint density at radius 3 is 2.73 bits per heavy atom. The van der Waals surface area contributed by atoms with E-state index in [4.69, 9.17) is 16.7 Å². The number of hydrogen-bond donors (Lipinski definition) is 2. The first-order valence-electron chi connectivity index (χ1n) is 4.58. The van der Waals surface area contributed by atoms with Crippen LogP contribution in [-0.4, -0.2) is 21.0 Å². The molecule has 2 rings (SSSR count). The number of H-pyrrole nitrogens is 1. The number of aromatic amines is 1. The maximum atomic E-state index is 11.5. The number of aromatic nitrogens is 2. The third kappa shape index (κ3) is 2.18. The van der Waals surface area contributed by atoms with E-state index in [1.165, 1.54) is 0 Å². The summed E-state index contributed by atoms with van der Waals surface area (Å²) < 4.78 is 0. The maximum absolute atomic E-state index is 11.5. The lowest BCUT2D eigenvalue weighted by atomic mass is 10.2. The number of nitrogens with zero attached hydrogens (tertiary/aromatic N) is 1. The van der Waals surface area contributed by atoms with E-state index in [1.54, 1.807) is 0 Å². The fraction of sp³-hybridized carbons (Fsp3) is 0.444. The van der Waals surface area contributed by atoms with E-state index in [0.717, 1.165) is 12.8 Å². The van der Waals surface area contributed by atoms with Crippen LogP contribution < -0.4 is 5.56 Å². The van der Waals surface area contributed by atoms with Crippen molar-refractivity contribution in [2.75, 3.05) is 0 Å². The highest BCUT2D eigenvalue weighted by Gasteiger charge is 2.27. The van der Waals surface area contributed by atoms with Crippen molar-refractivity contribution in [1.29, 1.82) is 0 Å². The van der Waals surface area contributed by atoms with Crippen LogP contribution in [0.3, 0.4) is 0 Å². The first kappa shape index (κ1) is 10.2. The van der Waals surface area contributed by atoms with Crippen molar-refractivity contribution >= 4 is 17.6 Å². The molecule has 80 valence electrons. The van der Waals surface area contributed by atoms with Crippen LogP contribution in [0.2, 0.25) is 5.15 Å². The Kier molecular flexibility index (Phi) is 2.48. The van der Waals surface area contributed by atoms with Gasteiger partial charge in [-0.1, -0.05) is 11.6 Å². The predicted octanol–water partition coefficient (Wildman–Crippen LogP) is 0.928. The molecule has 0 aliphatic heterocycles. The highest BCUT2D eigenvalue weighted by molar-refractivity contribution is 6.30. The summed E-state index contributed by atoms with van der Waals surface area (Å²) in [5, 5.41) is 8.57. The Balaban J connectivity index is 2.39. The molecule has 0 saturated heterocycles. The normalized spacial score (nSPS) is 15.3. The van der Waals surface area contributed by atoms with Gasteiger partial charge in [0.15, 0.2) is 0 Å². The lowest BCUT2D eigenvalue weighted by molar-refractivity contribution is -0.136. The first-order valence-corrected chi connectivity index (χ1v) is 4.96. The van der Waals surface area contributed by atoms with E-state index in [-0.39, 0.29) is 16.6 Å². The van der Waals surface area contributed by atoms with Gasteiger partial charge >= 0.3 is 5.97 Å². The van der Waals surface area contributed by atoms with Crippen LogP contribution >= 0.6 is 11.6 Å². The van der Waals surface area contributed by atoms with Gasteiger partial charge in [-0.2, -0.15) is 0 Å². The zero-order chi connectivity index (χ0) is 11.0. The van der Waals surface area contributed by atoms with Crippen LogP contribution in [0.25, 0.3) is 0 Å². The van der Waals surface area contributed by atoms with Gasteiger partial charge < -0.3 is 10.1 Å². The number of aliphatic carboxylic acids is 1. The van der Waals surface area contributed by atoms with Gasteiger partial charge in [-0.15, -0.1) is 0 Å². The lowest BCUT2D eigenvalue weighted by Crippen LogP contribution is -2.19. The second-order valence-corrected chi connectivity index (χ2v) is 3.92. The molecule has 1 aliphatic carbocycles. The average Bonchev–Trinajstić information content (AvgIpc) is 2.93. The fourth-order valence-corrected chi connectivity index (χ4v) is 1.58.